The van der Waals surface area contributed by atoms with E-state index in [0.29, 0.717) is 0 Å². The summed E-state index contributed by atoms with van der Waals surface area (Å²) in [7, 11) is 0. The summed E-state index contributed by atoms with van der Waals surface area (Å²) in [6, 6.07) is 6.63. The molecule has 0 spiro atoms. The maximum absolute atomic E-state index is 6.31. The molecule has 0 bridgehead atoms. The number of rotatable bonds is 3. The fourth-order valence-corrected chi connectivity index (χ4v) is 2.36. The fourth-order valence-electron chi connectivity index (χ4n) is 2.36. The van der Waals surface area contributed by atoms with Gasteiger partial charge in [0.1, 0.15) is 0 Å². The Morgan fingerprint density at radius 3 is 2.83 bits per heavy atom. The second kappa shape index (κ2) is 6.32. The standard InChI is InChI=1S/C15H24N2O/c1-12-4-5-14(10-13(12)2)15(16)11-17-6-3-8-18-9-7-17/h4-5,10,15H,3,6-9,11,16H2,1-2H3. The van der Waals surface area contributed by atoms with Crippen LogP contribution < -0.4 is 5.73 Å². The van der Waals surface area contributed by atoms with Crippen LogP contribution in [-0.2, 0) is 4.74 Å². The summed E-state index contributed by atoms with van der Waals surface area (Å²) in [5.74, 6) is 0. The molecule has 1 saturated heterocycles. The number of benzene rings is 1. The third-order valence-electron chi connectivity index (χ3n) is 3.73. The van der Waals surface area contributed by atoms with E-state index in [1.807, 2.05) is 0 Å². The van der Waals surface area contributed by atoms with Gasteiger partial charge in [-0.3, -0.25) is 4.90 Å². The van der Waals surface area contributed by atoms with Crippen LogP contribution in [0.15, 0.2) is 18.2 Å². The highest BCUT2D eigenvalue weighted by molar-refractivity contribution is 5.31. The van der Waals surface area contributed by atoms with Crippen molar-refractivity contribution in [3.05, 3.63) is 34.9 Å². The molecule has 1 aromatic carbocycles. The van der Waals surface area contributed by atoms with Gasteiger partial charge in [0.15, 0.2) is 0 Å². The van der Waals surface area contributed by atoms with Crippen molar-refractivity contribution in [2.45, 2.75) is 26.3 Å². The first kappa shape index (κ1) is 13.5. The zero-order valence-corrected chi connectivity index (χ0v) is 11.5. The van der Waals surface area contributed by atoms with Gasteiger partial charge in [-0.1, -0.05) is 18.2 Å². The van der Waals surface area contributed by atoms with Crippen LogP contribution in [0.3, 0.4) is 0 Å². The van der Waals surface area contributed by atoms with Gasteiger partial charge in [-0.2, -0.15) is 0 Å². The largest absolute Gasteiger partial charge is 0.380 e. The van der Waals surface area contributed by atoms with Crippen molar-refractivity contribution in [3.8, 4) is 0 Å². The lowest BCUT2D eigenvalue weighted by Crippen LogP contribution is -2.34. The maximum atomic E-state index is 6.31. The van der Waals surface area contributed by atoms with Gasteiger partial charge in [0, 0.05) is 32.3 Å². The van der Waals surface area contributed by atoms with E-state index in [0.717, 1.165) is 39.3 Å². The van der Waals surface area contributed by atoms with E-state index in [4.69, 9.17) is 10.5 Å². The molecule has 100 valence electrons. The topological polar surface area (TPSA) is 38.5 Å². The van der Waals surface area contributed by atoms with Crippen molar-refractivity contribution in [1.82, 2.24) is 4.90 Å². The van der Waals surface area contributed by atoms with Gasteiger partial charge in [0.25, 0.3) is 0 Å². The summed E-state index contributed by atoms with van der Waals surface area (Å²) < 4.78 is 5.46. The third-order valence-corrected chi connectivity index (χ3v) is 3.73. The molecule has 1 aliphatic heterocycles. The summed E-state index contributed by atoms with van der Waals surface area (Å²) in [6.45, 7) is 9.01. The Balaban J connectivity index is 1.97. The number of nitrogens with zero attached hydrogens (tertiary/aromatic N) is 1. The van der Waals surface area contributed by atoms with Crippen molar-refractivity contribution in [3.63, 3.8) is 0 Å². The molecule has 1 heterocycles. The van der Waals surface area contributed by atoms with E-state index in [2.05, 4.69) is 36.9 Å². The van der Waals surface area contributed by atoms with Crippen LogP contribution in [0.2, 0.25) is 0 Å². The minimum Gasteiger partial charge on any atom is -0.380 e. The number of nitrogens with two attached hydrogens (primary N) is 1. The Bertz CT molecular complexity index is 384. The Kier molecular flexibility index (Phi) is 4.75. The van der Waals surface area contributed by atoms with Crippen molar-refractivity contribution in [1.29, 1.82) is 0 Å². The lowest BCUT2D eigenvalue weighted by molar-refractivity contribution is 0.140. The Morgan fingerprint density at radius 1 is 1.22 bits per heavy atom. The van der Waals surface area contributed by atoms with Crippen LogP contribution in [0, 0.1) is 13.8 Å². The summed E-state index contributed by atoms with van der Waals surface area (Å²) in [6.07, 6.45) is 1.11. The highest BCUT2D eigenvalue weighted by Gasteiger charge is 2.14. The van der Waals surface area contributed by atoms with Gasteiger partial charge < -0.3 is 10.5 Å². The van der Waals surface area contributed by atoms with Crippen molar-refractivity contribution in [2.24, 2.45) is 5.73 Å². The summed E-state index contributed by atoms with van der Waals surface area (Å²) >= 11 is 0. The second-order valence-electron chi connectivity index (χ2n) is 5.22. The number of hydrogen-bond acceptors (Lipinski definition) is 3. The van der Waals surface area contributed by atoms with E-state index in [9.17, 15) is 0 Å². The average molecular weight is 248 g/mol. The maximum Gasteiger partial charge on any atom is 0.0593 e. The molecule has 0 radical (unpaired) electrons. The zero-order valence-electron chi connectivity index (χ0n) is 11.5. The first-order valence-electron chi connectivity index (χ1n) is 6.79. The molecule has 18 heavy (non-hydrogen) atoms. The molecule has 0 amide bonds. The van der Waals surface area contributed by atoms with Crippen molar-refractivity contribution < 1.29 is 4.74 Å². The summed E-state index contributed by atoms with van der Waals surface area (Å²) in [5, 5.41) is 0. The van der Waals surface area contributed by atoms with Crippen LogP contribution in [0.4, 0.5) is 0 Å². The minimum atomic E-state index is 0.0994. The molecule has 0 aliphatic carbocycles. The van der Waals surface area contributed by atoms with Crippen LogP contribution in [0.5, 0.6) is 0 Å². The second-order valence-corrected chi connectivity index (χ2v) is 5.22. The molecule has 1 atom stereocenters. The Morgan fingerprint density at radius 2 is 2.06 bits per heavy atom. The molecule has 0 aromatic heterocycles. The molecule has 0 saturated carbocycles. The molecule has 1 aromatic rings. The van der Waals surface area contributed by atoms with E-state index in [-0.39, 0.29) is 6.04 Å². The molecule has 2 N–H and O–H groups in total. The monoisotopic (exact) mass is 248 g/mol. The van der Waals surface area contributed by atoms with Gasteiger partial charge in [-0.05, 0) is 37.0 Å². The van der Waals surface area contributed by atoms with E-state index in [1.54, 1.807) is 0 Å². The van der Waals surface area contributed by atoms with E-state index in [1.165, 1.54) is 16.7 Å². The van der Waals surface area contributed by atoms with Gasteiger partial charge >= 0.3 is 0 Å². The minimum absolute atomic E-state index is 0.0994. The van der Waals surface area contributed by atoms with Gasteiger partial charge in [0.05, 0.1) is 6.61 Å². The summed E-state index contributed by atoms with van der Waals surface area (Å²) in [4.78, 5) is 2.41. The Labute approximate surface area is 110 Å². The smallest absolute Gasteiger partial charge is 0.0593 e. The lowest BCUT2D eigenvalue weighted by atomic mass is 10.0. The van der Waals surface area contributed by atoms with Crippen molar-refractivity contribution >= 4 is 0 Å². The molecule has 3 heteroatoms. The van der Waals surface area contributed by atoms with Crippen LogP contribution >= 0.6 is 0 Å². The molecule has 1 aliphatic rings. The number of aryl methyl sites for hydroxylation is 2. The highest BCUT2D eigenvalue weighted by atomic mass is 16.5. The van der Waals surface area contributed by atoms with Crippen LogP contribution in [0.1, 0.15) is 29.2 Å². The van der Waals surface area contributed by atoms with Gasteiger partial charge in [-0.15, -0.1) is 0 Å². The van der Waals surface area contributed by atoms with E-state index < -0.39 is 0 Å². The third kappa shape index (κ3) is 3.55. The number of ether oxygens (including phenoxy) is 1. The van der Waals surface area contributed by atoms with Gasteiger partial charge in [-0.25, -0.2) is 0 Å². The highest BCUT2D eigenvalue weighted by Crippen LogP contribution is 2.17. The first-order chi connectivity index (χ1) is 8.66. The van der Waals surface area contributed by atoms with Crippen molar-refractivity contribution in [2.75, 3.05) is 32.8 Å². The fraction of sp³-hybridized carbons (Fsp3) is 0.600. The molecule has 1 unspecified atom stereocenters. The SMILES string of the molecule is Cc1ccc(C(N)CN2CCCOCC2)cc1C. The molecule has 1 fully saturated rings. The zero-order chi connectivity index (χ0) is 13.0. The van der Waals surface area contributed by atoms with E-state index >= 15 is 0 Å². The molecular weight excluding hydrogens is 224 g/mol. The van der Waals surface area contributed by atoms with Crippen LogP contribution in [-0.4, -0.2) is 37.7 Å². The quantitative estimate of drug-likeness (QED) is 0.889. The molecular formula is C15H24N2O. The normalized spacial score (nSPS) is 19.5. The molecule has 3 nitrogen and oxygen atoms in total. The first-order valence-corrected chi connectivity index (χ1v) is 6.79. The Hall–Kier alpha value is -0.900. The van der Waals surface area contributed by atoms with Crippen LogP contribution in [0.25, 0.3) is 0 Å². The lowest BCUT2D eigenvalue weighted by Gasteiger charge is -2.24. The number of hydrogen-bond donors (Lipinski definition) is 1. The predicted octanol–water partition coefficient (Wildman–Crippen LogP) is 2.03. The summed E-state index contributed by atoms with van der Waals surface area (Å²) in [5.41, 5.74) is 10.2. The molecule has 2 rings (SSSR count). The predicted molar refractivity (Wildman–Crippen MR) is 74.7 cm³/mol. The average Bonchev–Trinajstić information content (AvgIpc) is 2.61. The van der Waals surface area contributed by atoms with Gasteiger partial charge in [0.2, 0.25) is 0 Å².